The Morgan fingerprint density at radius 3 is 3.00 bits per heavy atom. The quantitative estimate of drug-likeness (QED) is 0.737. The summed E-state index contributed by atoms with van der Waals surface area (Å²) in [6, 6.07) is 3.91. The Morgan fingerprint density at radius 2 is 2.24 bits per heavy atom. The van der Waals surface area contributed by atoms with Gasteiger partial charge in [0.25, 0.3) is 0 Å². The summed E-state index contributed by atoms with van der Waals surface area (Å²) >= 11 is 0. The number of halogens is 1. The molecule has 5 heteroatoms. The Morgan fingerprint density at radius 1 is 1.38 bits per heavy atom. The Kier molecular flexibility index (Phi) is 3.77. The standard InChI is InChI=1S/C16H17FN4/c1-2-14-4-3-5-15-11-20(6-7-21(14)15)16-12(9-18)8-13(17)10-19-16/h1,8,10,14-15H,3-7,11H2/t14-,15-/m0/s1. The molecule has 21 heavy (non-hydrogen) atoms. The molecule has 1 aromatic heterocycles. The third-order valence-electron chi connectivity index (χ3n) is 4.39. The maximum Gasteiger partial charge on any atom is 0.146 e. The second kappa shape index (κ2) is 5.71. The summed E-state index contributed by atoms with van der Waals surface area (Å²) in [6.07, 6.45) is 10.1. The second-order valence-electron chi connectivity index (χ2n) is 5.59. The molecule has 2 aliphatic heterocycles. The van der Waals surface area contributed by atoms with Crippen molar-refractivity contribution in [2.24, 2.45) is 0 Å². The zero-order valence-electron chi connectivity index (χ0n) is 11.8. The fourth-order valence-corrected chi connectivity index (χ4v) is 3.39. The van der Waals surface area contributed by atoms with Gasteiger partial charge in [-0.1, -0.05) is 5.92 Å². The summed E-state index contributed by atoms with van der Waals surface area (Å²) in [5.74, 6) is 2.99. The number of fused-ring (bicyclic) bond motifs is 1. The van der Waals surface area contributed by atoms with Gasteiger partial charge in [-0.2, -0.15) is 5.26 Å². The largest absolute Gasteiger partial charge is 0.353 e. The zero-order valence-corrected chi connectivity index (χ0v) is 11.8. The van der Waals surface area contributed by atoms with Crippen molar-refractivity contribution in [3.05, 3.63) is 23.6 Å². The predicted octanol–water partition coefficient (Wildman–Crippen LogP) is 1.77. The van der Waals surface area contributed by atoms with E-state index in [1.165, 1.54) is 12.3 Å². The van der Waals surface area contributed by atoms with Crippen molar-refractivity contribution in [3.63, 3.8) is 0 Å². The van der Waals surface area contributed by atoms with Crippen LogP contribution in [-0.4, -0.2) is 41.6 Å². The molecule has 3 heterocycles. The molecule has 0 aromatic carbocycles. The van der Waals surface area contributed by atoms with Crippen molar-refractivity contribution in [1.82, 2.24) is 9.88 Å². The molecule has 2 atom stereocenters. The van der Waals surface area contributed by atoms with Crippen LogP contribution in [0.15, 0.2) is 12.3 Å². The van der Waals surface area contributed by atoms with Crippen LogP contribution in [-0.2, 0) is 0 Å². The average molecular weight is 284 g/mol. The molecule has 4 nitrogen and oxygen atoms in total. The lowest BCUT2D eigenvalue weighted by Crippen LogP contribution is -2.58. The van der Waals surface area contributed by atoms with Crippen LogP contribution in [0.5, 0.6) is 0 Å². The Bertz CT molecular complexity index is 616. The number of pyridine rings is 1. The number of nitriles is 1. The fraction of sp³-hybridized carbons (Fsp3) is 0.500. The molecule has 2 aliphatic rings. The van der Waals surface area contributed by atoms with Gasteiger partial charge in [0.1, 0.15) is 17.7 Å². The van der Waals surface area contributed by atoms with E-state index in [4.69, 9.17) is 11.7 Å². The fourth-order valence-electron chi connectivity index (χ4n) is 3.39. The van der Waals surface area contributed by atoms with Gasteiger partial charge in [0, 0.05) is 25.7 Å². The Balaban J connectivity index is 1.81. The number of rotatable bonds is 1. The summed E-state index contributed by atoms with van der Waals surface area (Å²) in [4.78, 5) is 8.59. The highest BCUT2D eigenvalue weighted by Crippen LogP contribution is 2.28. The lowest BCUT2D eigenvalue weighted by atomic mass is 9.93. The van der Waals surface area contributed by atoms with Gasteiger partial charge >= 0.3 is 0 Å². The molecule has 2 saturated heterocycles. The number of terminal acetylenes is 1. The van der Waals surface area contributed by atoms with E-state index in [-0.39, 0.29) is 6.04 Å². The molecular weight excluding hydrogens is 267 g/mol. The molecular formula is C16H17FN4. The number of hydrogen-bond acceptors (Lipinski definition) is 4. The number of hydrogen-bond donors (Lipinski definition) is 0. The van der Waals surface area contributed by atoms with E-state index in [0.29, 0.717) is 17.4 Å². The molecule has 0 bridgehead atoms. The zero-order chi connectivity index (χ0) is 14.8. The van der Waals surface area contributed by atoms with E-state index < -0.39 is 5.82 Å². The molecule has 0 radical (unpaired) electrons. The van der Waals surface area contributed by atoms with Crippen LogP contribution in [0.2, 0.25) is 0 Å². The lowest BCUT2D eigenvalue weighted by molar-refractivity contribution is 0.100. The van der Waals surface area contributed by atoms with Crippen LogP contribution in [0.3, 0.4) is 0 Å². The van der Waals surface area contributed by atoms with Gasteiger partial charge in [-0.3, -0.25) is 4.90 Å². The first-order valence-corrected chi connectivity index (χ1v) is 7.25. The van der Waals surface area contributed by atoms with Crippen LogP contribution in [0.25, 0.3) is 0 Å². The van der Waals surface area contributed by atoms with Crippen molar-refractivity contribution in [2.45, 2.75) is 31.3 Å². The minimum absolute atomic E-state index is 0.225. The highest BCUT2D eigenvalue weighted by atomic mass is 19.1. The third-order valence-corrected chi connectivity index (χ3v) is 4.39. The Hall–Kier alpha value is -2.11. The molecule has 0 unspecified atom stereocenters. The monoisotopic (exact) mass is 284 g/mol. The molecule has 0 aliphatic carbocycles. The van der Waals surface area contributed by atoms with Gasteiger partial charge in [0.15, 0.2) is 0 Å². The average Bonchev–Trinajstić information content (AvgIpc) is 2.53. The van der Waals surface area contributed by atoms with Crippen LogP contribution in [0, 0.1) is 29.5 Å². The predicted molar refractivity (Wildman–Crippen MR) is 78.1 cm³/mol. The van der Waals surface area contributed by atoms with Crippen molar-refractivity contribution < 1.29 is 4.39 Å². The van der Waals surface area contributed by atoms with Gasteiger partial charge in [0.2, 0.25) is 0 Å². The maximum absolute atomic E-state index is 13.2. The van der Waals surface area contributed by atoms with Crippen LogP contribution in [0.1, 0.15) is 24.8 Å². The van der Waals surface area contributed by atoms with E-state index in [1.807, 2.05) is 6.07 Å². The smallest absolute Gasteiger partial charge is 0.146 e. The molecule has 0 amide bonds. The molecule has 2 fully saturated rings. The molecule has 0 saturated carbocycles. The molecule has 1 aromatic rings. The van der Waals surface area contributed by atoms with Crippen molar-refractivity contribution in [1.29, 1.82) is 5.26 Å². The summed E-state index contributed by atoms with van der Waals surface area (Å²) in [5.41, 5.74) is 0.299. The molecule has 0 spiro atoms. The van der Waals surface area contributed by atoms with Gasteiger partial charge < -0.3 is 4.90 Å². The van der Waals surface area contributed by atoms with Crippen molar-refractivity contribution >= 4 is 5.82 Å². The first-order chi connectivity index (χ1) is 10.2. The molecule has 108 valence electrons. The lowest BCUT2D eigenvalue weighted by Gasteiger charge is -2.47. The van der Waals surface area contributed by atoms with Gasteiger partial charge in [-0.15, -0.1) is 6.42 Å². The topological polar surface area (TPSA) is 43.2 Å². The number of piperidine rings is 1. The minimum atomic E-state index is -0.473. The first kappa shape index (κ1) is 13.9. The van der Waals surface area contributed by atoms with E-state index >= 15 is 0 Å². The third kappa shape index (κ3) is 2.57. The molecule has 0 N–H and O–H groups in total. The minimum Gasteiger partial charge on any atom is -0.353 e. The summed E-state index contributed by atoms with van der Waals surface area (Å²) < 4.78 is 13.2. The SMILES string of the molecule is C#C[C@H]1CCC[C@H]2CN(c3ncc(F)cc3C#N)CCN21. The van der Waals surface area contributed by atoms with E-state index in [2.05, 4.69) is 20.7 Å². The number of anilines is 1. The highest BCUT2D eigenvalue weighted by Gasteiger charge is 2.34. The highest BCUT2D eigenvalue weighted by molar-refractivity contribution is 5.54. The number of piperazine rings is 1. The molecule has 3 rings (SSSR count). The number of nitrogens with zero attached hydrogens (tertiary/aromatic N) is 4. The second-order valence-corrected chi connectivity index (χ2v) is 5.59. The normalized spacial score (nSPS) is 25.8. The van der Waals surface area contributed by atoms with Crippen molar-refractivity contribution in [3.8, 4) is 18.4 Å². The summed E-state index contributed by atoms with van der Waals surface area (Å²) in [7, 11) is 0. The first-order valence-electron chi connectivity index (χ1n) is 7.25. The van der Waals surface area contributed by atoms with Gasteiger partial charge in [-0.05, 0) is 25.3 Å². The van der Waals surface area contributed by atoms with Crippen LogP contribution >= 0.6 is 0 Å². The maximum atomic E-state index is 13.2. The Labute approximate surface area is 124 Å². The van der Waals surface area contributed by atoms with Gasteiger partial charge in [-0.25, -0.2) is 9.37 Å². The van der Waals surface area contributed by atoms with Crippen molar-refractivity contribution in [2.75, 3.05) is 24.5 Å². The van der Waals surface area contributed by atoms with E-state index in [0.717, 1.165) is 38.9 Å². The van der Waals surface area contributed by atoms with Gasteiger partial charge in [0.05, 0.1) is 17.8 Å². The van der Waals surface area contributed by atoms with Crippen LogP contribution in [0.4, 0.5) is 10.2 Å². The van der Waals surface area contributed by atoms with E-state index in [1.54, 1.807) is 0 Å². The van der Waals surface area contributed by atoms with Crippen LogP contribution < -0.4 is 4.90 Å². The summed E-state index contributed by atoms with van der Waals surface area (Å²) in [5, 5.41) is 9.17. The number of aromatic nitrogens is 1. The van der Waals surface area contributed by atoms with E-state index in [9.17, 15) is 4.39 Å². The summed E-state index contributed by atoms with van der Waals surface area (Å²) in [6.45, 7) is 2.43.